The van der Waals surface area contributed by atoms with Crippen LogP contribution in [0.25, 0.3) is 0 Å². The molecule has 108 valence electrons. The molecule has 0 spiro atoms. The third kappa shape index (κ3) is 3.52. The lowest BCUT2D eigenvalue weighted by atomic mass is 10.1. The summed E-state index contributed by atoms with van der Waals surface area (Å²) in [7, 11) is 0. The van der Waals surface area contributed by atoms with Crippen molar-refractivity contribution in [3.63, 3.8) is 0 Å². The number of nitriles is 1. The van der Waals surface area contributed by atoms with Crippen LogP contribution in [0.1, 0.15) is 22.4 Å². The predicted octanol–water partition coefficient (Wildman–Crippen LogP) is 3.55. The first kappa shape index (κ1) is 15.3. The molecule has 0 bridgehead atoms. The van der Waals surface area contributed by atoms with E-state index in [1.54, 1.807) is 13.0 Å². The highest BCUT2D eigenvalue weighted by Gasteiger charge is 2.13. The van der Waals surface area contributed by atoms with Crippen LogP contribution in [-0.2, 0) is 6.42 Å². The normalized spacial score (nSPS) is 10.2. The van der Waals surface area contributed by atoms with Crippen LogP contribution in [0.4, 0.5) is 0 Å². The first-order valence-corrected chi connectivity index (χ1v) is 6.88. The van der Waals surface area contributed by atoms with Crippen molar-refractivity contribution in [1.29, 1.82) is 5.26 Å². The minimum atomic E-state index is 0.109. The van der Waals surface area contributed by atoms with Gasteiger partial charge in [-0.05, 0) is 37.5 Å². The summed E-state index contributed by atoms with van der Waals surface area (Å²) >= 11 is 5.97. The van der Waals surface area contributed by atoms with Gasteiger partial charge in [-0.3, -0.25) is 0 Å². The van der Waals surface area contributed by atoms with Gasteiger partial charge in [0.2, 0.25) is 0 Å². The topological polar surface area (TPSA) is 66.1 Å². The highest BCUT2D eigenvalue weighted by atomic mass is 35.5. The van der Waals surface area contributed by atoms with Gasteiger partial charge in [-0.2, -0.15) is 5.26 Å². The Bertz CT molecular complexity index is 708. The van der Waals surface area contributed by atoms with E-state index in [4.69, 9.17) is 26.7 Å². The molecule has 0 fully saturated rings. The summed E-state index contributed by atoms with van der Waals surface area (Å²) in [4.78, 5) is 4.04. The summed E-state index contributed by atoms with van der Waals surface area (Å²) in [6.07, 6.45) is 0.602. The third-order valence-corrected chi connectivity index (χ3v) is 3.31. The average molecular weight is 303 g/mol. The van der Waals surface area contributed by atoms with E-state index in [2.05, 4.69) is 4.98 Å². The van der Waals surface area contributed by atoms with Gasteiger partial charge in [0.15, 0.2) is 5.15 Å². The van der Waals surface area contributed by atoms with Crippen LogP contribution in [-0.4, -0.2) is 16.7 Å². The SMILES string of the molecule is Cc1cc(Oc2ccc(CCO)cc2C)c(C#N)c(Cl)n1. The molecule has 2 rings (SSSR count). The first-order valence-electron chi connectivity index (χ1n) is 6.50. The molecular weight excluding hydrogens is 288 g/mol. The van der Waals surface area contributed by atoms with Gasteiger partial charge in [0.1, 0.15) is 23.1 Å². The predicted molar refractivity (Wildman–Crippen MR) is 80.7 cm³/mol. The first-order chi connectivity index (χ1) is 10.0. The van der Waals surface area contributed by atoms with E-state index in [0.717, 1.165) is 11.1 Å². The van der Waals surface area contributed by atoms with Crippen molar-refractivity contribution in [2.24, 2.45) is 0 Å². The molecule has 1 aromatic carbocycles. The second kappa shape index (κ2) is 6.57. The van der Waals surface area contributed by atoms with Gasteiger partial charge in [-0.25, -0.2) is 4.98 Å². The van der Waals surface area contributed by atoms with Crippen molar-refractivity contribution >= 4 is 11.6 Å². The van der Waals surface area contributed by atoms with Gasteiger partial charge in [-0.15, -0.1) is 0 Å². The molecule has 1 aromatic heterocycles. The van der Waals surface area contributed by atoms with Gasteiger partial charge in [0.05, 0.1) is 0 Å². The summed E-state index contributed by atoms with van der Waals surface area (Å²) in [5, 5.41) is 18.3. The number of hydrogen-bond acceptors (Lipinski definition) is 4. The van der Waals surface area contributed by atoms with E-state index >= 15 is 0 Å². The van der Waals surface area contributed by atoms with Gasteiger partial charge in [-0.1, -0.05) is 23.7 Å². The second-order valence-electron chi connectivity index (χ2n) is 4.71. The Morgan fingerprint density at radius 3 is 2.67 bits per heavy atom. The second-order valence-corrected chi connectivity index (χ2v) is 5.07. The van der Waals surface area contributed by atoms with Crippen LogP contribution in [0.2, 0.25) is 5.15 Å². The molecule has 0 aliphatic heterocycles. The fourth-order valence-corrected chi connectivity index (χ4v) is 2.29. The molecule has 0 saturated carbocycles. The lowest BCUT2D eigenvalue weighted by Crippen LogP contribution is -1.96. The third-order valence-electron chi connectivity index (χ3n) is 3.04. The van der Waals surface area contributed by atoms with Gasteiger partial charge in [0.25, 0.3) is 0 Å². The van der Waals surface area contributed by atoms with Crippen molar-refractivity contribution in [2.45, 2.75) is 20.3 Å². The number of aromatic nitrogens is 1. The Hall–Kier alpha value is -2.09. The van der Waals surface area contributed by atoms with E-state index in [-0.39, 0.29) is 17.3 Å². The average Bonchev–Trinajstić information content (AvgIpc) is 2.42. The zero-order valence-corrected chi connectivity index (χ0v) is 12.6. The smallest absolute Gasteiger partial charge is 0.150 e. The van der Waals surface area contributed by atoms with Crippen LogP contribution in [0, 0.1) is 25.2 Å². The van der Waals surface area contributed by atoms with Crippen molar-refractivity contribution in [3.05, 3.63) is 51.8 Å². The van der Waals surface area contributed by atoms with E-state index in [9.17, 15) is 0 Å². The number of aryl methyl sites for hydroxylation is 2. The van der Waals surface area contributed by atoms with E-state index in [0.29, 0.717) is 23.6 Å². The molecule has 0 amide bonds. The number of hydrogen-bond donors (Lipinski definition) is 1. The van der Waals surface area contributed by atoms with Crippen LogP contribution in [0.3, 0.4) is 0 Å². The number of ether oxygens (including phenoxy) is 1. The maximum atomic E-state index is 9.17. The van der Waals surface area contributed by atoms with Gasteiger partial charge >= 0.3 is 0 Å². The maximum absolute atomic E-state index is 9.17. The Labute approximate surface area is 128 Å². The van der Waals surface area contributed by atoms with Crippen molar-refractivity contribution in [2.75, 3.05) is 6.61 Å². The van der Waals surface area contributed by atoms with Crippen LogP contribution >= 0.6 is 11.6 Å². The van der Waals surface area contributed by atoms with Crippen molar-refractivity contribution in [3.8, 4) is 17.6 Å². The molecule has 0 unspecified atom stereocenters. The Balaban J connectivity index is 2.37. The Kier molecular flexibility index (Phi) is 4.79. The lowest BCUT2D eigenvalue weighted by molar-refractivity contribution is 0.299. The number of aliphatic hydroxyl groups is 1. The number of aliphatic hydroxyl groups excluding tert-OH is 1. The molecular formula is C16H15ClN2O2. The Morgan fingerprint density at radius 2 is 2.05 bits per heavy atom. The van der Waals surface area contributed by atoms with E-state index in [1.165, 1.54) is 0 Å². The number of pyridine rings is 1. The maximum Gasteiger partial charge on any atom is 0.150 e. The highest BCUT2D eigenvalue weighted by molar-refractivity contribution is 6.30. The zero-order valence-electron chi connectivity index (χ0n) is 11.9. The monoisotopic (exact) mass is 302 g/mol. The lowest BCUT2D eigenvalue weighted by Gasteiger charge is -2.12. The minimum absolute atomic E-state index is 0.109. The molecule has 0 saturated heterocycles. The standard InChI is InChI=1S/C16H15ClN2O2/c1-10-7-12(5-6-20)3-4-14(10)21-15-8-11(2)19-16(17)13(15)9-18/h3-4,7-8,20H,5-6H2,1-2H3. The van der Waals surface area contributed by atoms with E-state index < -0.39 is 0 Å². The summed E-state index contributed by atoms with van der Waals surface area (Å²) in [6, 6.07) is 9.36. The summed E-state index contributed by atoms with van der Waals surface area (Å²) in [6.45, 7) is 3.81. The zero-order chi connectivity index (χ0) is 15.4. The fraction of sp³-hybridized carbons (Fsp3) is 0.250. The van der Waals surface area contributed by atoms with E-state index in [1.807, 2.05) is 31.2 Å². The largest absolute Gasteiger partial charge is 0.456 e. The molecule has 2 aromatic rings. The number of nitrogens with zero attached hydrogens (tertiary/aromatic N) is 2. The number of benzene rings is 1. The summed E-state index contributed by atoms with van der Waals surface area (Å²) < 4.78 is 5.82. The summed E-state index contributed by atoms with van der Waals surface area (Å²) in [5.74, 6) is 1.04. The molecule has 0 aliphatic carbocycles. The highest BCUT2D eigenvalue weighted by Crippen LogP contribution is 2.31. The molecule has 0 aliphatic rings. The van der Waals surface area contributed by atoms with Crippen LogP contribution in [0.15, 0.2) is 24.3 Å². The molecule has 1 heterocycles. The molecule has 0 radical (unpaired) electrons. The van der Waals surface area contributed by atoms with Crippen LogP contribution < -0.4 is 4.74 Å². The van der Waals surface area contributed by atoms with Crippen molar-refractivity contribution < 1.29 is 9.84 Å². The molecule has 1 N–H and O–H groups in total. The van der Waals surface area contributed by atoms with Crippen LogP contribution in [0.5, 0.6) is 11.5 Å². The molecule has 0 atom stereocenters. The Morgan fingerprint density at radius 1 is 1.29 bits per heavy atom. The minimum Gasteiger partial charge on any atom is -0.456 e. The molecule has 4 nitrogen and oxygen atoms in total. The number of rotatable bonds is 4. The number of halogens is 1. The molecule has 5 heteroatoms. The summed E-state index contributed by atoms with van der Waals surface area (Å²) in [5.41, 5.74) is 2.87. The van der Waals surface area contributed by atoms with Crippen molar-refractivity contribution in [1.82, 2.24) is 4.98 Å². The quantitative estimate of drug-likeness (QED) is 0.877. The molecule has 21 heavy (non-hydrogen) atoms. The fourth-order valence-electron chi connectivity index (χ4n) is 2.02. The van der Waals surface area contributed by atoms with Gasteiger partial charge in [0, 0.05) is 18.4 Å². The van der Waals surface area contributed by atoms with Gasteiger partial charge < -0.3 is 9.84 Å².